The van der Waals surface area contributed by atoms with E-state index in [1.165, 1.54) is 63.5 Å². The van der Waals surface area contributed by atoms with E-state index >= 15 is 0 Å². The molecule has 2 aliphatic rings. The van der Waals surface area contributed by atoms with Gasteiger partial charge in [0.1, 0.15) is 0 Å². The Kier molecular flexibility index (Phi) is 5.33. The molecule has 5 heteroatoms. The zero-order valence-corrected chi connectivity index (χ0v) is 15.0. The summed E-state index contributed by atoms with van der Waals surface area (Å²) in [5, 5.41) is 7.28. The first-order chi connectivity index (χ1) is 12.4. The zero-order valence-electron chi connectivity index (χ0n) is 15.0. The minimum absolute atomic E-state index is 0.631. The number of rotatable bonds is 5. The molecule has 0 aliphatic carbocycles. The second-order valence-corrected chi connectivity index (χ2v) is 7.32. The maximum Gasteiger partial charge on any atom is 0.0490 e. The molecular formula is C20H29N5. The number of benzene rings is 1. The van der Waals surface area contributed by atoms with Crippen molar-refractivity contribution in [3.63, 3.8) is 0 Å². The average molecular weight is 339 g/mol. The minimum atomic E-state index is 0.631. The van der Waals surface area contributed by atoms with E-state index in [1.807, 2.05) is 6.20 Å². The lowest BCUT2D eigenvalue weighted by Crippen LogP contribution is -2.49. The minimum Gasteiger partial charge on any atom is -0.369 e. The van der Waals surface area contributed by atoms with E-state index < -0.39 is 0 Å². The third-order valence-electron chi connectivity index (χ3n) is 5.69. The fourth-order valence-electron chi connectivity index (χ4n) is 4.16. The van der Waals surface area contributed by atoms with Gasteiger partial charge in [-0.25, -0.2) is 0 Å². The number of H-pyrrole nitrogens is 1. The van der Waals surface area contributed by atoms with Gasteiger partial charge in [0.25, 0.3) is 0 Å². The predicted octanol–water partition coefficient (Wildman–Crippen LogP) is 2.41. The van der Waals surface area contributed by atoms with Crippen LogP contribution in [-0.4, -0.2) is 72.4 Å². The molecular weight excluding hydrogens is 310 g/mol. The Morgan fingerprint density at radius 3 is 2.48 bits per heavy atom. The van der Waals surface area contributed by atoms with Gasteiger partial charge >= 0.3 is 0 Å². The monoisotopic (exact) mass is 339 g/mol. The maximum absolute atomic E-state index is 4.12. The molecule has 1 N–H and O–H groups in total. The lowest BCUT2D eigenvalue weighted by Gasteiger charge is -2.38. The second kappa shape index (κ2) is 8.02. The molecule has 1 aromatic carbocycles. The molecule has 2 aromatic rings. The van der Waals surface area contributed by atoms with Gasteiger partial charge in [0.2, 0.25) is 0 Å². The molecule has 0 radical (unpaired) electrons. The topological polar surface area (TPSA) is 38.4 Å². The van der Waals surface area contributed by atoms with Crippen molar-refractivity contribution in [3.8, 4) is 0 Å². The summed E-state index contributed by atoms with van der Waals surface area (Å²) in [6.45, 7) is 9.43. The Morgan fingerprint density at radius 1 is 0.920 bits per heavy atom. The molecule has 3 heterocycles. The number of anilines is 1. The van der Waals surface area contributed by atoms with E-state index in [4.69, 9.17) is 0 Å². The average Bonchev–Trinajstić information content (AvgIpc) is 3.23. The van der Waals surface area contributed by atoms with Gasteiger partial charge in [-0.15, -0.1) is 0 Å². The molecule has 1 atom stereocenters. The first-order valence-electron chi connectivity index (χ1n) is 9.62. The summed E-state index contributed by atoms with van der Waals surface area (Å²) in [5.41, 5.74) is 2.67. The van der Waals surface area contributed by atoms with Crippen LogP contribution >= 0.6 is 0 Å². The molecule has 25 heavy (non-hydrogen) atoms. The van der Waals surface area contributed by atoms with E-state index in [0.29, 0.717) is 5.92 Å². The molecule has 4 rings (SSSR count). The molecule has 5 nitrogen and oxygen atoms in total. The van der Waals surface area contributed by atoms with Crippen LogP contribution in [0.25, 0.3) is 0 Å². The van der Waals surface area contributed by atoms with E-state index in [2.05, 4.69) is 61.3 Å². The third kappa shape index (κ3) is 4.22. The molecule has 2 saturated heterocycles. The molecule has 0 amide bonds. The summed E-state index contributed by atoms with van der Waals surface area (Å²) in [5.74, 6) is 0.631. The van der Waals surface area contributed by atoms with Crippen molar-refractivity contribution in [3.05, 3.63) is 48.3 Å². The number of likely N-dealkylation sites (tertiary alicyclic amines) is 1. The fraction of sp³-hybridized carbons (Fsp3) is 0.550. The highest BCUT2D eigenvalue weighted by Crippen LogP contribution is 2.25. The smallest absolute Gasteiger partial charge is 0.0490 e. The summed E-state index contributed by atoms with van der Waals surface area (Å²) >= 11 is 0. The number of nitrogens with zero attached hydrogens (tertiary/aromatic N) is 4. The van der Waals surface area contributed by atoms with Gasteiger partial charge < -0.3 is 9.80 Å². The van der Waals surface area contributed by atoms with E-state index in [0.717, 1.165) is 13.1 Å². The van der Waals surface area contributed by atoms with Crippen molar-refractivity contribution >= 4 is 5.69 Å². The molecule has 0 saturated carbocycles. The number of para-hydroxylation sites is 1. The quantitative estimate of drug-likeness (QED) is 0.908. The summed E-state index contributed by atoms with van der Waals surface area (Å²) in [6.07, 6.45) is 4.46. The first kappa shape index (κ1) is 16.6. The number of hydrogen-bond acceptors (Lipinski definition) is 4. The highest BCUT2D eigenvalue weighted by molar-refractivity contribution is 5.46. The standard InChI is InChI=1S/C20H29N5/c1-2-6-19(7-3-1)25-15-13-23(14-16-25)11-12-24-10-4-5-18(17-24)20-8-9-21-22-20/h1-3,6-9,18H,4-5,10-17H2,(H,21,22)/t18-/m0/s1. The molecule has 0 unspecified atom stereocenters. The lowest BCUT2D eigenvalue weighted by atomic mass is 9.95. The molecule has 1 aromatic heterocycles. The van der Waals surface area contributed by atoms with Crippen molar-refractivity contribution in [2.75, 3.05) is 57.3 Å². The number of piperidine rings is 1. The number of aromatic nitrogens is 2. The van der Waals surface area contributed by atoms with Gasteiger partial charge in [-0.3, -0.25) is 10.00 Å². The van der Waals surface area contributed by atoms with Crippen LogP contribution in [0, 0.1) is 0 Å². The van der Waals surface area contributed by atoms with E-state index in [9.17, 15) is 0 Å². The molecule has 0 spiro atoms. The summed E-state index contributed by atoms with van der Waals surface area (Å²) < 4.78 is 0. The van der Waals surface area contributed by atoms with Gasteiger partial charge in [0.05, 0.1) is 0 Å². The Bertz CT molecular complexity index is 619. The van der Waals surface area contributed by atoms with Crippen molar-refractivity contribution in [2.24, 2.45) is 0 Å². The van der Waals surface area contributed by atoms with Gasteiger partial charge in [-0.2, -0.15) is 5.10 Å². The maximum atomic E-state index is 4.12. The SMILES string of the molecule is c1ccc(N2CCN(CCN3CCC[C@H](c4ccn[nH]4)C3)CC2)cc1. The van der Waals surface area contributed by atoms with Crippen molar-refractivity contribution in [2.45, 2.75) is 18.8 Å². The van der Waals surface area contributed by atoms with Crippen molar-refractivity contribution in [1.29, 1.82) is 0 Å². The largest absolute Gasteiger partial charge is 0.369 e. The number of hydrogen-bond donors (Lipinski definition) is 1. The predicted molar refractivity (Wildman–Crippen MR) is 102 cm³/mol. The van der Waals surface area contributed by atoms with Crippen LogP contribution in [0.1, 0.15) is 24.5 Å². The third-order valence-corrected chi connectivity index (χ3v) is 5.69. The van der Waals surface area contributed by atoms with Crippen LogP contribution in [0.4, 0.5) is 5.69 Å². The fourth-order valence-corrected chi connectivity index (χ4v) is 4.16. The first-order valence-corrected chi connectivity index (χ1v) is 9.62. The van der Waals surface area contributed by atoms with E-state index in [1.54, 1.807) is 0 Å². The number of aromatic amines is 1. The van der Waals surface area contributed by atoms with Crippen LogP contribution < -0.4 is 4.90 Å². The molecule has 134 valence electrons. The highest BCUT2D eigenvalue weighted by Gasteiger charge is 2.23. The zero-order chi connectivity index (χ0) is 16.9. The molecule has 2 fully saturated rings. The van der Waals surface area contributed by atoms with Crippen LogP contribution in [0.5, 0.6) is 0 Å². The highest BCUT2D eigenvalue weighted by atomic mass is 15.3. The summed E-state index contributed by atoms with van der Waals surface area (Å²) in [6, 6.07) is 12.9. The summed E-state index contributed by atoms with van der Waals surface area (Å²) in [7, 11) is 0. The Balaban J connectivity index is 1.22. The van der Waals surface area contributed by atoms with Gasteiger partial charge in [-0.05, 0) is 37.6 Å². The summed E-state index contributed by atoms with van der Waals surface area (Å²) in [4.78, 5) is 7.77. The molecule has 0 bridgehead atoms. The lowest BCUT2D eigenvalue weighted by molar-refractivity contribution is 0.165. The van der Waals surface area contributed by atoms with Crippen LogP contribution in [0.3, 0.4) is 0 Å². The number of piperazine rings is 1. The normalized spacial score (nSPS) is 23.0. The van der Waals surface area contributed by atoms with Crippen LogP contribution in [-0.2, 0) is 0 Å². The second-order valence-electron chi connectivity index (χ2n) is 7.32. The Hall–Kier alpha value is -1.85. The Morgan fingerprint density at radius 2 is 1.72 bits per heavy atom. The number of nitrogens with one attached hydrogen (secondary N) is 1. The van der Waals surface area contributed by atoms with Crippen LogP contribution in [0.2, 0.25) is 0 Å². The Labute approximate surface area is 150 Å². The van der Waals surface area contributed by atoms with Gasteiger partial charge in [0, 0.05) is 69.3 Å². The van der Waals surface area contributed by atoms with Crippen molar-refractivity contribution in [1.82, 2.24) is 20.0 Å². The van der Waals surface area contributed by atoms with Gasteiger partial charge in [0.15, 0.2) is 0 Å². The van der Waals surface area contributed by atoms with Gasteiger partial charge in [-0.1, -0.05) is 18.2 Å². The molecule has 2 aliphatic heterocycles. The van der Waals surface area contributed by atoms with E-state index in [-0.39, 0.29) is 0 Å². The van der Waals surface area contributed by atoms with Crippen molar-refractivity contribution < 1.29 is 0 Å². The van der Waals surface area contributed by atoms with Crippen LogP contribution in [0.15, 0.2) is 42.6 Å².